The summed E-state index contributed by atoms with van der Waals surface area (Å²) in [6.45, 7) is 0.162. The lowest BCUT2D eigenvalue weighted by Gasteiger charge is -2.16. The van der Waals surface area contributed by atoms with E-state index < -0.39 is 17.6 Å². The molecular formula is C23H19F3N2O2. The summed E-state index contributed by atoms with van der Waals surface area (Å²) in [6.07, 6.45) is -1.84. The van der Waals surface area contributed by atoms with Crippen molar-refractivity contribution in [1.82, 2.24) is 5.48 Å². The van der Waals surface area contributed by atoms with Crippen molar-refractivity contribution in [2.45, 2.75) is 12.7 Å². The second kappa shape index (κ2) is 9.28. The van der Waals surface area contributed by atoms with Crippen molar-refractivity contribution in [1.29, 1.82) is 0 Å². The third-order valence-electron chi connectivity index (χ3n) is 4.44. The summed E-state index contributed by atoms with van der Waals surface area (Å²) in [4.78, 5) is 11.2. The molecule has 0 heterocycles. The SMILES string of the molecule is O=C(/C=C/c1ccccc1NCc1ccc(-c2ccccc2)c(C(F)(F)F)c1)NO. The maximum Gasteiger partial charge on any atom is 0.417 e. The van der Waals surface area contributed by atoms with Crippen LogP contribution in [-0.4, -0.2) is 11.1 Å². The maximum absolute atomic E-state index is 13.7. The Labute approximate surface area is 171 Å². The molecule has 0 aliphatic heterocycles. The van der Waals surface area contributed by atoms with Crippen LogP contribution in [0.2, 0.25) is 0 Å². The zero-order chi connectivity index (χ0) is 21.6. The molecule has 154 valence electrons. The van der Waals surface area contributed by atoms with Gasteiger partial charge >= 0.3 is 6.18 Å². The van der Waals surface area contributed by atoms with E-state index in [9.17, 15) is 18.0 Å². The highest BCUT2D eigenvalue weighted by molar-refractivity contribution is 5.91. The fourth-order valence-corrected chi connectivity index (χ4v) is 3.01. The summed E-state index contributed by atoms with van der Waals surface area (Å²) < 4.78 is 41.0. The molecule has 0 radical (unpaired) electrons. The van der Waals surface area contributed by atoms with Crippen molar-refractivity contribution < 1.29 is 23.2 Å². The van der Waals surface area contributed by atoms with E-state index in [1.54, 1.807) is 60.7 Å². The van der Waals surface area contributed by atoms with Gasteiger partial charge in [0.25, 0.3) is 5.91 Å². The first-order valence-corrected chi connectivity index (χ1v) is 9.09. The normalized spacial score (nSPS) is 11.5. The van der Waals surface area contributed by atoms with Crippen LogP contribution in [0.5, 0.6) is 0 Å². The second-order valence-electron chi connectivity index (χ2n) is 6.49. The minimum Gasteiger partial charge on any atom is -0.380 e. The molecule has 4 nitrogen and oxygen atoms in total. The minimum atomic E-state index is -4.49. The first kappa shape index (κ1) is 21.1. The van der Waals surface area contributed by atoms with Crippen molar-refractivity contribution in [2.75, 3.05) is 5.32 Å². The fraction of sp³-hybridized carbons (Fsp3) is 0.0870. The van der Waals surface area contributed by atoms with Gasteiger partial charge in [-0.3, -0.25) is 10.0 Å². The van der Waals surface area contributed by atoms with Crippen LogP contribution in [0, 0.1) is 0 Å². The Morgan fingerprint density at radius 1 is 0.967 bits per heavy atom. The van der Waals surface area contributed by atoms with Gasteiger partial charge in [0.05, 0.1) is 5.56 Å². The van der Waals surface area contributed by atoms with Crippen molar-refractivity contribution in [2.24, 2.45) is 0 Å². The molecule has 0 atom stereocenters. The van der Waals surface area contributed by atoms with Gasteiger partial charge < -0.3 is 5.32 Å². The average Bonchev–Trinajstić information content (AvgIpc) is 2.76. The molecule has 7 heteroatoms. The molecule has 0 saturated heterocycles. The first-order chi connectivity index (χ1) is 14.4. The molecule has 0 saturated carbocycles. The number of benzene rings is 3. The Hall–Kier alpha value is -3.58. The monoisotopic (exact) mass is 412 g/mol. The molecule has 3 N–H and O–H groups in total. The fourth-order valence-electron chi connectivity index (χ4n) is 3.01. The molecule has 0 bridgehead atoms. The van der Waals surface area contributed by atoms with E-state index >= 15 is 0 Å². The van der Waals surface area contributed by atoms with Gasteiger partial charge in [-0.2, -0.15) is 13.2 Å². The molecule has 0 aromatic heterocycles. The van der Waals surface area contributed by atoms with Gasteiger partial charge in [0, 0.05) is 18.3 Å². The largest absolute Gasteiger partial charge is 0.417 e. The summed E-state index contributed by atoms with van der Waals surface area (Å²) in [5.41, 5.74) is 3.19. The highest BCUT2D eigenvalue weighted by atomic mass is 19.4. The second-order valence-corrected chi connectivity index (χ2v) is 6.49. The Kier molecular flexibility index (Phi) is 6.54. The van der Waals surface area contributed by atoms with E-state index in [-0.39, 0.29) is 12.1 Å². The summed E-state index contributed by atoms with van der Waals surface area (Å²) in [6, 6.07) is 19.7. The van der Waals surface area contributed by atoms with Gasteiger partial charge in [-0.1, -0.05) is 60.7 Å². The molecule has 1 amide bonds. The smallest absolute Gasteiger partial charge is 0.380 e. The van der Waals surface area contributed by atoms with Crippen molar-refractivity contribution >= 4 is 17.7 Å². The third kappa shape index (κ3) is 5.27. The highest BCUT2D eigenvalue weighted by Crippen LogP contribution is 2.37. The summed E-state index contributed by atoms with van der Waals surface area (Å²) in [5.74, 6) is -0.684. The number of amides is 1. The minimum absolute atomic E-state index is 0.130. The number of hydrogen-bond donors (Lipinski definition) is 3. The van der Waals surface area contributed by atoms with Crippen LogP contribution < -0.4 is 10.8 Å². The van der Waals surface area contributed by atoms with E-state index in [0.29, 0.717) is 22.4 Å². The Balaban J connectivity index is 1.85. The zero-order valence-corrected chi connectivity index (χ0v) is 15.8. The van der Waals surface area contributed by atoms with E-state index in [1.807, 2.05) is 0 Å². The Morgan fingerprint density at radius 2 is 1.67 bits per heavy atom. The van der Waals surface area contributed by atoms with Crippen LogP contribution in [-0.2, 0) is 17.5 Å². The number of rotatable bonds is 6. The lowest BCUT2D eigenvalue weighted by Crippen LogP contribution is -2.14. The highest BCUT2D eigenvalue weighted by Gasteiger charge is 2.33. The summed E-state index contributed by atoms with van der Waals surface area (Å²) in [5, 5.41) is 11.7. The van der Waals surface area contributed by atoms with Crippen LogP contribution in [0.4, 0.5) is 18.9 Å². The Morgan fingerprint density at radius 3 is 2.37 bits per heavy atom. The molecule has 0 unspecified atom stereocenters. The van der Waals surface area contributed by atoms with Crippen LogP contribution in [0.25, 0.3) is 17.2 Å². The predicted octanol–water partition coefficient (Wildman–Crippen LogP) is 5.50. The van der Waals surface area contributed by atoms with Crippen LogP contribution in [0.15, 0.2) is 78.9 Å². The van der Waals surface area contributed by atoms with Crippen molar-refractivity contribution in [3.8, 4) is 11.1 Å². The topological polar surface area (TPSA) is 61.4 Å². The van der Waals surface area contributed by atoms with Gasteiger partial charge in [-0.15, -0.1) is 0 Å². The van der Waals surface area contributed by atoms with E-state index in [2.05, 4.69) is 5.32 Å². The molecule has 30 heavy (non-hydrogen) atoms. The first-order valence-electron chi connectivity index (χ1n) is 9.09. The van der Waals surface area contributed by atoms with Gasteiger partial charge in [0.2, 0.25) is 0 Å². The molecule has 0 spiro atoms. The number of alkyl halides is 3. The van der Waals surface area contributed by atoms with E-state index in [0.717, 1.165) is 12.1 Å². The lowest BCUT2D eigenvalue weighted by atomic mass is 9.97. The number of halogens is 3. The quantitative estimate of drug-likeness (QED) is 0.285. The molecule has 3 aromatic carbocycles. The van der Waals surface area contributed by atoms with E-state index in [4.69, 9.17) is 5.21 Å². The van der Waals surface area contributed by atoms with E-state index in [1.165, 1.54) is 17.6 Å². The number of carbonyl (C=O) groups is 1. The molecule has 3 rings (SSSR count). The predicted molar refractivity (Wildman–Crippen MR) is 110 cm³/mol. The average molecular weight is 412 g/mol. The van der Waals surface area contributed by atoms with Gasteiger partial charge in [-0.25, -0.2) is 5.48 Å². The molecular weight excluding hydrogens is 393 g/mol. The summed E-state index contributed by atoms with van der Waals surface area (Å²) >= 11 is 0. The number of hydrogen-bond acceptors (Lipinski definition) is 3. The number of carbonyl (C=O) groups excluding carboxylic acids is 1. The molecule has 0 aliphatic rings. The van der Waals surface area contributed by atoms with Crippen molar-refractivity contribution in [3.63, 3.8) is 0 Å². The zero-order valence-electron chi connectivity index (χ0n) is 15.8. The molecule has 3 aromatic rings. The molecule has 0 aliphatic carbocycles. The number of nitrogens with one attached hydrogen (secondary N) is 2. The number of hydroxylamine groups is 1. The Bertz CT molecular complexity index is 1050. The maximum atomic E-state index is 13.7. The van der Waals surface area contributed by atoms with Gasteiger partial charge in [-0.05, 0) is 40.5 Å². The number of anilines is 1. The van der Waals surface area contributed by atoms with Crippen LogP contribution in [0.3, 0.4) is 0 Å². The van der Waals surface area contributed by atoms with Crippen LogP contribution in [0.1, 0.15) is 16.7 Å². The third-order valence-corrected chi connectivity index (χ3v) is 4.44. The van der Waals surface area contributed by atoms with Crippen LogP contribution >= 0.6 is 0 Å². The standard InChI is InChI=1S/C23H19F3N2O2/c24-23(25,26)20-14-16(10-12-19(20)17-6-2-1-3-7-17)15-27-21-9-5-4-8-18(21)11-13-22(29)28-30/h1-14,27,30H,15H2,(H,28,29)/b13-11+. The molecule has 0 fully saturated rings. The summed E-state index contributed by atoms with van der Waals surface area (Å²) in [7, 11) is 0. The van der Waals surface area contributed by atoms with Gasteiger partial charge in [0.1, 0.15) is 0 Å². The van der Waals surface area contributed by atoms with Gasteiger partial charge in [0.15, 0.2) is 0 Å². The van der Waals surface area contributed by atoms with Crippen molar-refractivity contribution in [3.05, 3.63) is 95.6 Å². The number of para-hydroxylation sites is 1. The lowest BCUT2D eigenvalue weighted by molar-refractivity contribution is -0.137.